The van der Waals surface area contributed by atoms with E-state index in [9.17, 15) is 9.59 Å². The number of carbonyl (C=O) groups excluding carboxylic acids is 2. The molecule has 0 radical (unpaired) electrons. The highest BCUT2D eigenvalue weighted by Gasteiger charge is 2.31. The van der Waals surface area contributed by atoms with Crippen LogP contribution in [0.3, 0.4) is 0 Å². The first-order valence-corrected chi connectivity index (χ1v) is 11.0. The van der Waals surface area contributed by atoms with Gasteiger partial charge in [0.2, 0.25) is 0 Å². The van der Waals surface area contributed by atoms with Gasteiger partial charge in [-0.15, -0.1) is 0 Å². The van der Waals surface area contributed by atoms with Gasteiger partial charge in [-0.05, 0) is 87.3 Å². The van der Waals surface area contributed by atoms with E-state index in [4.69, 9.17) is 0 Å². The molecule has 2 aliphatic rings. The predicted molar refractivity (Wildman–Crippen MR) is 131 cm³/mol. The molecule has 156 valence electrons. The molecule has 0 unspecified atom stereocenters. The summed E-state index contributed by atoms with van der Waals surface area (Å²) in [6.45, 7) is 0. The predicted octanol–water partition coefficient (Wildman–Crippen LogP) is 5.90. The lowest BCUT2D eigenvalue weighted by Crippen LogP contribution is -2.20. The minimum absolute atomic E-state index is 0.287. The summed E-state index contributed by atoms with van der Waals surface area (Å²) in [5, 5.41) is 5.73. The third-order valence-corrected chi connectivity index (χ3v) is 6.77. The third-order valence-electron chi connectivity index (χ3n) is 6.77. The molecule has 33 heavy (non-hydrogen) atoms. The van der Waals surface area contributed by atoms with Gasteiger partial charge in [0.15, 0.2) is 0 Å². The van der Waals surface area contributed by atoms with Crippen molar-refractivity contribution in [2.24, 2.45) is 0 Å². The van der Waals surface area contributed by atoms with Crippen LogP contribution in [0.25, 0.3) is 44.6 Å². The van der Waals surface area contributed by atoms with E-state index < -0.39 is 0 Å². The van der Waals surface area contributed by atoms with E-state index in [-0.39, 0.29) is 11.8 Å². The van der Waals surface area contributed by atoms with Crippen molar-refractivity contribution in [2.45, 2.75) is 6.42 Å². The van der Waals surface area contributed by atoms with Gasteiger partial charge in [-0.1, -0.05) is 42.5 Å². The van der Waals surface area contributed by atoms with Crippen molar-refractivity contribution in [2.75, 3.05) is 0 Å². The van der Waals surface area contributed by atoms with Gasteiger partial charge >= 0.3 is 0 Å². The Bertz CT molecular complexity index is 1690. The first-order chi connectivity index (χ1) is 16.2. The van der Waals surface area contributed by atoms with E-state index >= 15 is 0 Å². The molecule has 1 N–H and O–H groups in total. The van der Waals surface area contributed by atoms with Gasteiger partial charge in [0, 0.05) is 11.9 Å². The molecule has 2 amide bonds. The van der Waals surface area contributed by atoms with E-state index in [0.29, 0.717) is 17.5 Å². The van der Waals surface area contributed by atoms with Crippen LogP contribution in [0.4, 0.5) is 0 Å². The second-order valence-electron chi connectivity index (χ2n) is 8.62. The number of carbonyl (C=O) groups is 2. The molecule has 2 heterocycles. The molecule has 0 saturated carbocycles. The van der Waals surface area contributed by atoms with Crippen LogP contribution < -0.4 is 5.32 Å². The Balaban J connectivity index is 1.37. The number of hydrogen-bond acceptors (Lipinski definition) is 2. The molecule has 1 aliphatic carbocycles. The van der Waals surface area contributed by atoms with Crippen molar-refractivity contribution >= 4 is 39.6 Å². The largest absolute Gasteiger partial charge is 0.317 e. The van der Waals surface area contributed by atoms with Crippen molar-refractivity contribution in [3.63, 3.8) is 0 Å². The number of hydrogen-bond donors (Lipinski definition) is 1. The van der Waals surface area contributed by atoms with Crippen LogP contribution in [0, 0.1) is 0 Å². The zero-order valence-electron chi connectivity index (χ0n) is 17.6. The lowest BCUT2D eigenvalue weighted by molar-refractivity contribution is 0.0879. The molecule has 1 aliphatic heterocycles. The molecule has 0 fully saturated rings. The Morgan fingerprint density at radius 2 is 1.64 bits per heavy atom. The van der Waals surface area contributed by atoms with E-state index in [1.165, 1.54) is 10.9 Å². The molecule has 0 atom stereocenters. The van der Waals surface area contributed by atoms with Crippen LogP contribution in [-0.4, -0.2) is 16.4 Å². The number of benzene rings is 4. The van der Waals surface area contributed by atoms with Crippen LogP contribution in [0.1, 0.15) is 31.8 Å². The van der Waals surface area contributed by atoms with E-state index in [0.717, 1.165) is 38.7 Å². The Hall–Kier alpha value is -4.44. The topological polar surface area (TPSA) is 51.1 Å². The van der Waals surface area contributed by atoms with Gasteiger partial charge in [0.05, 0.1) is 16.6 Å². The number of aromatic nitrogens is 1. The van der Waals surface area contributed by atoms with Gasteiger partial charge in [-0.25, -0.2) is 0 Å². The fourth-order valence-corrected chi connectivity index (χ4v) is 5.27. The summed E-state index contributed by atoms with van der Waals surface area (Å²) in [7, 11) is 0. The molecule has 0 bridgehead atoms. The molecule has 4 heteroatoms. The van der Waals surface area contributed by atoms with Gasteiger partial charge in [0.1, 0.15) is 0 Å². The van der Waals surface area contributed by atoms with Gasteiger partial charge in [0.25, 0.3) is 11.8 Å². The van der Waals surface area contributed by atoms with E-state index in [1.54, 1.807) is 0 Å². The smallest absolute Gasteiger partial charge is 0.259 e. The number of amides is 2. The number of imide groups is 1. The lowest BCUT2D eigenvalue weighted by atomic mass is 9.85. The fourth-order valence-electron chi connectivity index (χ4n) is 5.27. The fraction of sp³-hybridized carbons (Fsp3) is 0.0345. The van der Waals surface area contributed by atoms with Gasteiger partial charge in [-0.3, -0.25) is 14.9 Å². The first kappa shape index (κ1) is 18.2. The highest BCUT2D eigenvalue weighted by atomic mass is 16.2. The monoisotopic (exact) mass is 426 g/mol. The van der Waals surface area contributed by atoms with Crippen molar-refractivity contribution < 1.29 is 9.59 Å². The molecule has 4 aromatic carbocycles. The minimum atomic E-state index is -0.307. The average molecular weight is 426 g/mol. The maximum atomic E-state index is 12.4. The average Bonchev–Trinajstić information content (AvgIpc) is 3.40. The number of nitrogens with zero attached hydrogens (tertiary/aromatic N) is 1. The van der Waals surface area contributed by atoms with Crippen LogP contribution in [0.2, 0.25) is 0 Å². The highest BCUT2D eigenvalue weighted by molar-refractivity contribution is 6.25. The summed E-state index contributed by atoms with van der Waals surface area (Å²) < 4.78 is 2.19. The summed E-state index contributed by atoms with van der Waals surface area (Å²) >= 11 is 0. The molecule has 5 aromatic rings. The quantitative estimate of drug-likeness (QED) is 0.357. The standard InChI is InChI=1S/C29H18N2O2/c32-28-24-16-21-15-20(14-19-5-3-6-23(26(19)21)27(24)29(33)30-28)17-8-10-22(11-9-17)31-13-12-18-4-1-2-7-25(18)31/h1-5,7-16H,6H2,(H,30,32,33). The first-order valence-electron chi connectivity index (χ1n) is 11.0. The Morgan fingerprint density at radius 3 is 2.52 bits per heavy atom. The summed E-state index contributed by atoms with van der Waals surface area (Å²) in [5.41, 5.74) is 7.53. The zero-order chi connectivity index (χ0) is 22.1. The van der Waals surface area contributed by atoms with E-state index in [1.807, 2.05) is 6.07 Å². The Labute approximate surface area is 189 Å². The number of para-hydroxylation sites is 1. The third kappa shape index (κ3) is 2.58. The molecular weight excluding hydrogens is 408 g/mol. The normalized spacial score (nSPS) is 14.2. The van der Waals surface area contributed by atoms with Crippen molar-refractivity contribution in [3.05, 3.63) is 107 Å². The Morgan fingerprint density at radius 1 is 0.788 bits per heavy atom. The van der Waals surface area contributed by atoms with Crippen LogP contribution in [0.5, 0.6) is 0 Å². The van der Waals surface area contributed by atoms with Crippen LogP contribution >= 0.6 is 0 Å². The summed E-state index contributed by atoms with van der Waals surface area (Å²) in [5.74, 6) is -0.594. The maximum absolute atomic E-state index is 12.4. The number of fused-ring (bicyclic) bond motifs is 3. The zero-order valence-corrected chi connectivity index (χ0v) is 17.6. The minimum Gasteiger partial charge on any atom is -0.317 e. The Kier molecular flexibility index (Phi) is 3.59. The second kappa shape index (κ2) is 6.53. The molecule has 4 nitrogen and oxygen atoms in total. The SMILES string of the molecule is O=C1NC(=O)c2c1cc1cc(-c3ccc(-n4ccc5ccccc54)cc3)cc3c1c2CC=C3. The maximum Gasteiger partial charge on any atom is 0.259 e. The van der Waals surface area contributed by atoms with Crippen LogP contribution in [-0.2, 0) is 6.42 Å². The van der Waals surface area contributed by atoms with Gasteiger partial charge in [-0.2, -0.15) is 0 Å². The van der Waals surface area contributed by atoms with Crippen molar-refractivity contribution in [1.82, 2.24) is 9.88 Å². The number of allylic oxidation sites excluding steroid dienone is 1. The van der Waals surface area contributed by atoms with E-state index in [2.05, 4.69) is 95.0 Å². The molecule has 7 rings (SSSR count). The molecule has 1 aromatic heterocycles. The second-order valence-corrected chi connectivity index (χ2v) is 8.62. The lowest BCUT2D eigenvalue weighted by Gasteiger charge is -2.17. The van der Waals surface area contributed by atoms with Crippen molar-refractivity contribution in [1.29, 1.82) is 0 Å². The number of nitrogens with one attached hydrogen (secondary N) is 1. The summed E-state index contributed by atoms with van der Waals surface area (Å²) in [4.78, 5) is 24.7. The number of rotatable bonds is 2. The highest BCUT2D eigenvalue weighted by Crippen LogP contribution is 2.38. The van der Waals surface area contributed by atoms with Gasteiger partial charge < -0.3 is 4.57 Å². The summed E-state index contributed by atoms with van der Waals surface area (Å²) in [6.07, 6.45) is 6.93. The van der Waals surface area contributed by atoms with Crippen molar-refractivity contribution in [3.8, 4) is 16.8 Å². The van der Waals surface area contributed by atoms with Crippen LogP contribution in [0.15, 0.2) is 85.1 Å². The molecule has 0 saturated heterocycles. The molecule has 0 spiro atoms. The summed E-state index contributed by atoms with van der Waals surface area (Å²) in [6, 6.07) is 25.2. The molecular formula is C29H18N2O2.